The van der Waals surface area contributed by atoms with Crippen LogP contribution in [0, 0.1) is 0 Å². The van der Waals surface area contributed by atoms with Gasteiger partial charge in [0.1, 0.15) is 5.75 Å². The third kappa shape index (κ3) is 2.35. The lowest BCUT2D eigenvalue weighted by Gasteiger charge is -2.05. The molecule has 102 valence electrons. The second-order valence-corrected chi connectivity index (χ2v) is 4.52. The standard InChI is InChI=1S/C15H15N3O2/c1-20-14-2-3-15-12(7-14)6-13(9-16-15)18-10-11(4-5-19)8-17-18/h2-3,6-10,19H,4-5H2,1H3. The fourth-order valence-corrected chi connectivity index (χ4v) is 2.11. The topological polar surface area (TPSA) is 60.2 Å². The van der Waals surface area contributed by atoms with Gasteiger partial charge in [-0.25, -0.2) is 4.68 Å². The molecule has 0 radical (unpaired) electrons. The second-order valence-electron chi connectivity index (χ2n) is 4.52. The molecule has 0 fully saturated rings. The summed E-state index contributed by atoms with van der Waals surface area (Å²) >= 11 is 0. The maximum atomic E-state index is 8.94. The van der Waals surface area contributed by atoms with Crippen molar-refractivity contribution in [1.82, 2.24) is 14.8 Å². The van der Waals surface area contributed by atoms with E-state index in [2.05, 4.69) is 10.1 Å². The van der Waals surface area contributed by atoms with Crippen LogP contribution in [-0.2, 0) is 6.42 Å². The highest BCUT2D eigenvalue weighted by atomic mass is 16.5. The number of aliphatic hydroxyl groups is 1. The number of rotatable bonds is 4. The highest BCUT2D eigenvalue weighted by molar-refractivity contribution is 5.81. The molecular weight excluding hydrogens is 254 g/mol. The molecule has 20 heavy (non-hydrogen) atoms. The number of nitrogens with zero attached hydrogens (tertiary/aromatic N) is 3. The molecule has 5 nitrogen and oxygen atoms in total. The van der Waals surface area contributed by atoms with Crippen molar-refractivity contribution in [2.75, 3.05) is 13.7 Å². The third-order valence-corrected chi connectivity index (χ3v) is 3.18. The monoisotopic (exact) mass is 269 g/mol. The molecule has 0 aliphatic heterocycles. The van der Waals surface area contributed by atoms with Gasteiger partial charge in [-0.05, 0) is 36.2 Å². The smallest absolute Gasteiger partial charge is 0.119 e. The SMILES string of the molecule is COc1ccc2ncc(-n3cc(CCO)cn3)cc2c1. The molecular formula is C15H15N3O2. The van der Waals surface area contributed by atoms with Gasteiger partial charge in [0.25, 0.3) is 0 Å². The lowest BCUT2D eigenvalue weighted by molar-refractivity contribution is 0.299. The molecule has 0 aliphatic rings. The summed E-state index contributed by atoms with van der Waals surface area (Å²) in [5.41, 5.74) is 2.80. The minimum absolute atomic E-state index is 0.124. The van der Waals surface area contributed by atoms with E-state index in [0.717, 1.165) is 27.9 Å². The first-order chi connectivity index (χ1) is 9.80. The molecule has 0 saturated carbocycles. The number of aromatic nitrogens is 3. The Labute approximate surface area is 116 Å². The minimum atomic E-state index is 0.124. The zero-order chi connectivity index (χ0) is 13.9. The van der Waals surface area contributed by atoms with Crippen LogP contribution in [0.15, 0.2) is 42.9 Å². The largest absolute Gasteiger partial charge is 0.497 e. The Morgan fingerprint density at radius 3 is 2.95 bits per heavy atom. The quantitative estimate of drug-likeness (QED) is 0.786. The molecule has 0 amide bonds. The highest BCUT2D eigenvalue weighted by Gasteiger charge is 2.04. The van der Waals surface area contributed by atoms with Crippen LogP contribution < -0.4 is 4.74 Å². The van der Waals surface area contributed by atoms with Gasteiger partial charge in [0.15, 0.2) is 0 Å². The number of hydrogen-bond acceptors (Lipinski definition) is 4. The normalized spacial score (nSPS) is 10.9. The molecule has 1 aromatic carbocycles. The van der Waals surface area contributed by atoms with Gasteiger partial charge in [-0.15, -0.1) is 0 Å². The van der Waals surface area contributed by atoms with Crippen molar-refractivity contribution < 1.29 is 9.84 Å². The van der Waals surface area contributed by atoms with E-state index in [1.807, 2.05) is 30.5 Å². The van der Waals surface area contributed by atoms with Gasteiger partial charge in [-0.1, -0.05) is 0 Å². The highest BCUT2D eigenvalue weighted by Crippen LogP contribution is 2.21. The summed E-state index contributed by atoms with van der Waals surface area (Å²) in [6.07, 6.45) is 6.05. The summed E-state index contributed by atoms with van der Waals surface area (Å²) in [4.78, 5) is 4.42. The molecule has 0 aliphatic carbocycles. The Kier molecular flexibility index (Phi) is 3.35. The zero-order valence-electron chi connectivity index (χ0n) is 11.2. The van der Waals surface area contributed by atoms with Gasteiger partial charge in [0.2, 0.25) is 0 Å². The van der Waals surface area contributed by atoms with Crippen molar-refractivity contribution >= 4 is 10.9 Å². The van der Waals surface area contributed by atoms with Crippen LogP contribution >= 0.6 is 0 Å². The van der Waals surface area contributed by atoms with E-state index in [-0.39, 0.29) is 6.61 Å². The number of aliphatic hydroxyl groups excluding tert-OH is 1. The van der Waals surface area contributed by atoms with Crippen molar-refractivity contribution in [2.45, 2.75) is 6.42 Å². The molecule has 2 heterocycles. The van der Waals surface area contributed by atoms with Crippen LogP contribution in [0.5, 0.6) is 5.75 Å². The Balaban J connectivity index is 2.02. The van der Waals surface area contributed by atoms with Crippen LogP contribution in [0.4, 0.5) is 0 Å². The average molecular weight is 269 g/mol. The number of ether oxygens (including phenoxy) is 1. The molecule has 0 atom stereocenters. The fourth-order valence-electron chi connectivity index (χ4n) is 2.11. The van der Waals surface area contributed by atoms with Gasteiger partial charge in [-0.3, -0.25) is 4.98 Å². The van der Waals surface area contributed by atoms with E-state index in [4.69, 9.17) is 9.84 Å². The van der Waals surface area contributed by atoms with Crippen molar-refractivity contribution in [1.29, 1.82) is 0 Å². The number of fused-ring (bicyclic) bond motifs is 1. The van der Waals surface area contributed by atoms with Gasteiger partial charge in [-0.2, -0.15) is 5.10 Å². The Morgan fingerprint density at radius 2 is 2.15 bits per heavy atom. The number of benzene rings is 1. The Hall–Kier alpha value is -2.40. The zero-order valence-corrected chi connectivity index (χ0v) is 11.2. The average Bonchev–Trinajstić information content (AvgIpc) is 2.95. The van der Waals surface area contributed by atoms with E-state index in [0.29, 0.717) is 6.42 Å². The van der Waals surface area contributed by atoms with Crippen molar-refractivity contribution in [2.24, 2.45) is 0 Å². The van der Waals surface area contributed by atoms with E-state index in [1.54, 1.807) is 24.2 Å². The molecule has 0 bridgehead atoms. The molecule has 3 aromatic rings. The summed E-state index contributed by atoms with van der Waals surface area (Å²) in [5, 5.41) is 14.2. The predicted octanol–water partition coefficient (Wildman–Crippen LogP) is 1.96. The summed E-state index contributed by atoms with van der Waals surface area (Å²) in [5.74, 6) is 0.804. The van der Waals surface area contributed by atoms with Gasteiger partial charge in [0.05, 0.1) is 30.7 Å². The Bertz CT molecular complexity index is 737. The predicted molar refractivity (Wildman–Crippen MR) is 76.2 cm³/mol. The van der Waals surface area contributed by atoms with E-state index in [1.165, 1.54) is 0 Å². The van der Waals surface area contributed by atoms with Crippen LogP contribution in [0.25, 0.3) is 16.6 Å². The molecule has 0 unspecified atom stereocenters. The summed E-state index contributed by atoms with van der Waals surface area (Å²) in [6, 6.07) is 7.78. The molecule has 0 spiro atoms. The van der Waals surface area contributed by atoms with E-state index < -0.39 is 0 Å². The van der Waals surface area contributed by atoms with Crippen LogP contribution in [0.3, 0.4) is 0 Å². The molecule has 3 rings (SSSR count). The second kappa shape index (κ2) is 5.30. The molecule has 5 heteroatoms. The first kappa shape index (κ1) is 12.6. The molecule has 2 aromatic heterocycles. The first-order valence-electron chi connectivity index (χ1n) is 6.39. The van der Waals surface area contributed by atoms with Gasteiger partial charge in [0, 0.05) is 18.2 Å². The summed E-state index contributed by atoms with van der Waals surface area (Å²) < 4.78 is 6.99. The number of methoxy groups -OCH3 is 1. The van der Waals surface area contributed by atoms with Crippen molar-refractivity contribution in [3.05, 3.63) is 48.4 Å². The molecule has 0 saturated heterocycles. The minimum Gasteiger partial charge on any atom is -0.497 e. The first-order valence-corrected chi connectivity index (χ1v) is 6.39. The maximum absolute atomic E-state index is 8.94. The number of pyridine rings is 1. The Morgan fingerprint density at radius 1 is 1.25 bits per heavy atom. The molecule has 1 N–H and O–H groups in total. The third-order valence-electron chi connectivity index (χ3n) is 3.18. The van der Waals surface area contributed by atoms with Crippen LogP contribution in [-0.4, -0.2) is 33.6 Å². The van der Waals surface area contributed by atoms with Crippen molar-refractivity contribution in [3.8, 4) is 11.4 Å². The summed E-state index contributed by atoms with van der Waals surface area (Å²) in [7, 11) is 1.65. The summed E-state index contributed by atoms with van der Waals surface area (Å²) in [6.45, 7) is 0.124. The van der Waals surface area contributed by atoms with E-state index in [9.17, 15) is 0 Å². The number of hydrogen-bond donors (Lipinski definition) is 1. The lowest BCUT2D eigenvalue weighted by Crippen LogP contribution is -1.96. The lowest BCUT2D eigenvalue weighted by atomic mass is 10.2. The van der Waals surface area contributed by atoms with Gasteiger partial charge < -0.3 is 9.84 Å². The van der Waals surface area contributed by atoms with Gasteiger partial charge >= 0.3 is 0 Å². The van der Waals surface area contributed by atoms with Crippen LogP contribution in [0.2, 0.25) is 0 Å². The fraction of sp³-hybridized carbons (Fsp3) is 0.200. The van der Waals surface area contributed by atoms with Crippen LogP contribution in [0.1, 0.15) is 5.56 Å². The van der Waals surface area contributed by atoms with Crippen molar-refractivity contribution in [3.63, 3.8) is 0 Å². The maximum Gasteiger partial charge on any atom is 0.119 e. The van der Waals surface area contributed by atoms with E-state index >= 15 is 0 Å².